The Balaban J connectivity index is 3.26. The van der Waals surface area contributed by atoms with Gasteiger partial charge < -0.3 is 15.6 Å². The Bertz CT molecular complexity index is 409. The number of carboxylic acids is 1. The summed E-state index contributed by atoms with van der Waals surface area (Å²) in [6, 6.07) is -0.988. The average Bonchev–Trinajstić information content (AvgIpc) is 2.68. The van der Waals surface area contributed by atoms with E-state index in [1.807, 2.05) is 0 Å². The molecule has 0 fully saturated rings. The third-order valence-electron chi connectivity index (χ3n) is 4.90. The number of allylic oxidation sites excluding steroid dienone is 2. The van der Waals surface area contributed by atoms with Crippen molar-refractivity contribution in [2.75, 3.05) is 6.61 Å². The van der Waals surface area contributed by atoms with E-state index >= 15 is 0 Å². The first-order valence-corrected chi connectivity index (χ1v) is 11.4. The molecule has 0 aliphatic heterocycles. The molecule has 0 unspecified atom stereocenters. The van der Waals surface area contributed by atoms with Gasteiger partial charge in [-0.15, -0.1) is 0 Å². The smallest absolute Gasteiger partial charge is 0.320 e. The monoisotopic (exact) mass is 397 g/mol. The minimum Gasteiger partial charge on any atom is -0.480 e. The molecular formula is C23H43NO4. The summed E-state index contributed by atoms with van der Waals surface area (Å²) in [6.45, 7) is 2.67. The SMILES string of the molecule is CCCCCCCC/C=C\CCCCCCCCOC(=O)CC[C@H](N)C(=O)O. The molecule has 0 aromatic carbocycles. The Morgan fingerprint density at radius 1 is 0.857 bits per heavy atom. The van der Waals surface area contributed by atoms with Crippen molar-refractivity contribution in [1.29, 1.82) is 0 Å². The van der Waals surface area contributed by atoms with Crippen molar-refractivity contribution in [2.24, 2.45) is 5.73 Å². The van der Waals surface area contributed by atoms with Gasteiger partial charge in [-0.1, -0.05) is 76.9 Å². The fourth-order valence-corrected chi connectivity index (χ4v) is 3.00. The molecule has 0 amide bonds. The maximum atomic E-state index is 11.5. The van der Waals surface area contributed by atoms with Crippen molar-refractivity contribution in [2.45, 2.75) is 116 Å². The number of hydrogen-bond acceptors (Lipinski definition) is 4. The summed E-state index contributed by atoms with van der Waals surface area (Å²) in [6.07, 6.45) is 22.3. The zero-order valence-electron chi connectivity index (χ0n) is 18.0. The van der Waals surface area contributed by atoms with Gasteiger partial charge in [-0.25, -0.2) is 0 Å². The van der Waals surface area contributed by atoms with Crippen LogP contribution in [0.15, 0.2) is 12.2 Å². The second-order valence-electron chi connectivity index (χ2n) is 7.64. The Morgan fingerprint density at radius 2 is 1.36 bits per heavy atom. The van der Waals surface area contributed by atoms with Crippen LogP contribution in [0.25, 0.3) is 0 Å². The molecule has 1 atom stereocenters. The van der Waals surface area contributed by atoms with E-state index < -0.39 is 12.0 Å². The third-order valence-corrected chi connectivity index (χ3v) is 4.90. The highest BCUT2D eigenvalue weighted by molar-refractivity contribution is 5.75. The van der Waals surface area contributed by atoms with Crippen molar-refractivity contribution in [3.05, 3.63) is 12.2 Å². The van der Waals surface area contributed by atoms with E-state index in [9.17, 15) is 9.59 Å². The van der Waals surface area contributed by atoms with E-state index in [1.165, 1.54) is 77.0 Å². The van der Waals surface area contributed by atoms with E-state index in [2.05, 4.69) is 19.1 Å². The van der Waals surface area contributed by atoms with Crippen LogP contribution in [-0.4, -0.2) is 29.7 Å². The highest BCUT2D eigenvalue weighted by atomic mass is 16.5. The van der Waals surface area contributed by atoms with Gasteiger partial charge in [0.2, 0.25) is 0 Å². The molecule has 0 aliphatic rings. The van der Waals surface area contributed by atoms with Gasteiger partial charge in [0, 0.05) is 6.42 Å². The fourth-order valence-electron chi connectivity index (χ4n) is 3.00. The number of carbonyl (C=O) groups excluding carboxylic acids is 1. The van der Waals surface area contributed by atoms with E-state index in [4.69, 9.17) is 15.6 Å². The number of carbonyl (C=O) groups is 2. The van der Waals surface area contributed by atoms with Crippen molar-refractivity contribution in [1.82, 2.24) is 0 Å². The summed E-state index contributed by atoms with van der Waals surface area (Å²) >= 11 is 0. The molecule has 0 saturated heterocycles. The lowest BCUT2D eigenvalue weighted by Crippen LogP contribution is -2.30. The van der Waals surface area contributed by atoms with E-state index in [1.54, 1.807) is 0 Å². The zero-order chi connectivity index (χ0) is 20.9. The second kappa shape index (κ2) is 20.4. The minimum atomic E-state index is -1.08. The number of carboxylic acid groups (broad SMARTS) is 1. The van der Waals surface area contributed by atoms with Crippen LogP contribution in [0.1, 0.15) is 110 Å². The topological polar surface area (TPSA) is 89.6 Å². The minimum absolute atomic E-state index is 0.0693. The van der Waals surface area contributed by atoms with E-state index in [0.717, 1.165) is 12.8 Å². The predicted molar refractivity (Wildman–Crippen MR) is 115 cm³/mol. The van der Waals surface area contributed by atoms with Crippen LogP contribution in [0, 0.1) is 0 Å². The van der Waals surface area contributed by atoms with Gasteiger partial charge in [0.1, 0.15) is 6.04 Å². The first-order valence-electron chi connectivity index (χ1n) is 11.4. The highest BCUT2D eigenvalue weighted by Crippen LogP contribution is 2.10. The van der Waals surface area contributed by atoms with Crippen LogP contribution >= 0.6 is 0 Å². The normalized spacial score (nSPS) is 12.4. The van der Waals surface area contributed by atoms with Gasteiger partial charge in [0.15, 0.2) is 0 Å². The molecule has 0 heterocycles. The lowest BCUT2D eigenvalue weighted by atomic mass is 10.1. The van der Waals surface area contributed by atoms with Crippen LogP contribution < -0.4 is 5.73 Å². The molecule has 3 N–H and O–H groups in total. The maximum Gasteiger partial charge on any atom is 0.320 e. The number of esters is 1. The molecule has 0 aromatic heterocycles. The summed E-state index contributed by atoms with van der Waals surface area (Å²) in [5, 5.41) is 8.65. The standard InChI is InChI=1S/C23H43NO4/c1-2-3-4-5-6-7-8-9-10-11-12-13-14-15-16-17-20-28-22(25)19-18-21(24)23(26)27/h9-10,21H,2-8,11-20,24H2,1H3,(H,26,27)/b10-9-/t21-/m0/s1. The Hall–Kier alpha value is -1.36. The number of aliphatic carboxylic acids is 1. The number of nitrogens with two attached hydrogens (primary N) is 1. The second-order valence-corrected chi connectivity index (χ2v) is 7.64. The molecule has 0 radical (unpaired) electrons. The molecule has 28 heavy (non-hydrogen) atoms. The molecule has 0 aliphatic carbocycles. The van der Waals surface area contributed by atoms with Gasteiger partial charge in [-0.3, -0.25) is 9.59 Å². The van der Waals surface area contributed by atoms with Crippen LogP contribution in [0.2, 0.25) is 0 Å². The van der Waals surface area contributed by atoms with Crippen LogP contribution in [0.4, 0.5) is 0 Å². The molecule has 0 spiro atoms. The van der Waals surface area contributed by atoms with E-state index in [-0.39, 0.29) is 18.8 Å². The lowest BCUT2D eigenvalue weighted by Gasteiger charge is -2.07. The molecular weight excluding hydrogens is 354 g/mol. The predicted octanol–water partition coefficient (Wildman–Crippen LogP) is 5.76. The number of unbranched alkanes of at least 4 members (excludes halogenated alkanes) is 12. The Labute approximate surface area is 172 Å². The van der Waals surface area contributed by atoms with Gasteiger partial charge in [0.05, 0.1) is 6.61 Å². The van der Waals surface area contributed by atoms with Crippen molar-refractivity contribution in [3.8, 4) is 0 Å². The largest absolute Gasteiger partial charge is 0.480 e. The van der Waals surface area contributed by atoms with Crippen molar-refractivity contribution >= 4 is 11.9 Å². The number of rotatable bonds is 20. The summed E-state index contributed by atoms with van der Waals surface area (Å²) in [5.41, 5.74) is 5.35. The zero-order valence-corrected chi connectivity index (χ0v) is 18.0. The van der Waals surface area contributed by atoms with Crippen LogP contribution in [0.5, 0.6) is 0 Å². The molecule has 0 bridgehead atoms. The van der Waals surface area contributed by atoms with Crippen molar-refractivity contribution < 1.29 is 19.4 Å². The molecule has 5 nitrogen and oxygen atoms in total. The summed E-state index contributed by atoms with van der Waals surface area (Å²) in [4.78, 5) is 22.0. The first kappa shape index (κ1) is 26.6. The van der Waals surface area contributed by atoms with Crippen LogP contribution in [-0.2, 0) is 14.3 Å². The van der Waals surface area contributed by atoms with Gasteiger partial charge in [-0.2, -0.15) is 0 Å². The summed E-state index contributed by atoms with van der Waals surface area (Å²) in [5.74, 6) is -1.44. The van der Waals surface area contributed by atoms with Gasteiger partial charge >= 0.3 is 11.9 Å². The lowest BCUT2D eigenvalue weighted by molar-refractivity contribution is -0.144. The fraction of sp³-hybridized carbons (Fsp3) is 0.826. The average molecular weight is 398 g/mol. The third kappa shape index (κ3) is 19.4. The van der Waals surface area contributed by atoms with E-state index in [0.29, 0.717) is 6.61 Å². The quantitative estimate of drug-likeness (QED) is 0.155. The molecule has 0 saturated carbocycles. The maximum absolute atomic E-state index is 11.5. The summed E-state index contributed by atoms with van der Waals surface area (Å²) < 4.78 is 5.09. The van der Waals surface area contributed by atoms with Crippen molar-refractivity contribution in [3.63, 3.8) is 0 Å². The Morgan fingerprint density at radius 3 is 1.89 bits per heavy atom. The number of ether oxygens (including phenoxy) is 1. The highest BCUT2D eigenvalue weighted by Gasteiger charge is 2.13. The summed E-state index contributed by atoms with van der Waals surface area (Å²) in [7, 11) is 0. The van der Waals surface area contributed by atoms with Gasteiger partial charge in [-0.05, 0) is 38.5 Å². The molecule has 0 rings (SSSR count). The Kier molecular flexibility index (Phi) is 19.4. The van der Waals surface area contributed by atoms with Gasteiger partial charge in [0.25, 0.3) is 0 Å². The molecule has 5 heteroatoms. The molecule has 0 aromatic rings. The number of hydrogen-bond donors (Lipinski definition) is 2. The first-order chi connectivity index (χ1) is 13.6. The molecule has 164 valence electrons. The van der Waals surface area contributed by atoms with Crippen LogP contribution in [0.3, 0.4) is 0 Å².